The first-order valence-electron chi connectivity index (χ1n) is 8.22. The molecule has 0 spiro atoms. The van der Waals surface area contributed by atoms with Gasteiger partial charge in [0.2, 0.25) is 15.9 Å². The summed E-state index contributed by atoms with van der Waals surface area (Å²) in [6.07, 6.45) is -4.10. The van der Waals surface area contributed by atoms with E-state index in [0.29, 0.717) is 24.3 Å². The Balaban J connectivity index is 1.65. The van der Waals surface area contributed by atoms with Crippen LogP contribution in [0.15, 0.2) is 48.5 Å². The molecule has 0 aromatic heterocycles. The first-order valence-corrected chi connectivity index (χ1v) is 9.82. The normalized spacial score (nSPS) is 16.3. The lowest BCUT2D eigenvalue weighted by molar-refractivity contribution is -0.137. The predicted molar refractivity (Wildman–Crippen MR) is 96.0 cm³/mol. The fraction of sp³-hybridized carbons (Fsp3) is 0.278. The Hall–Kier alpha value is -2.55. The highest BCUT2D eigenvalue weighted by Crippen LogP contribution is 2.30. The lowest BCUT2D eigenvalue weighted by Crippen LogP contribution is -2.25. The Bertz CT molecular complexity index is 941. The van der Waals surface area contributed by atoms with Crippen LogP contribution in [0.4, 0.5) is 24.5 Å². The van der Waals surface area contributed by atoms with E-state index in [1.165, 1.54) is 16.4 Å². The third-order valence-corrected chi connectivity index (χ3v) is 6.03. The molecular weight excluding hydrogens is 381 g/mol. The van der Waals surface area contributed by atoms with Crippen molar-refractivity contribution in [2.75, 3.05) is 21.9 Å². The van der Waals surface area contributed by atoms with Gasteiger partial charge in [0.25, 0.3) is 0 Å². The molecular formula is C18H17F3N2O3S. The molecule has 144 valence electrons. The first-order chi connectivity index (χ1) is 12.6. The highest BCUT2D eigenvalue weighted by molar-refractivity contribution is 7.93. The maximum absolute atomic E-state index is 12.7. The molecule has 1 aliphatic heterocycles. The molecule has 0 aliphatic carbocycles. The predicted octanol–water partition coefficient (Wildman–Crippen LogP) is 3.43. The van der Waals surface area contributed by atoms with Crippen molar-refractivity contribution in [2.24, 2.45) is 0 Å². The van der Waals surface area contributed by atoms with Crippen molar-refractivity contribution in [1.82, 2.24) is 0 Å². The second kappa shape index (κ2) is 7.22. The van der Waals surface area contributed by atoms with Crippen LogP contribution in [0.5, 0.6) is 0 Å². The summed E-state index contributed by atoms with van der Waals surface area (Å²) in [5.74, 6) is -0.349. The number of nitrogens with zero attached hydrogens (tertiary/aromatic N) is 1. The largest absolute Gasteiger partial charge is 0.416 e. The highest BCUT2D eigenvalue weighted by atomic mass is 32.2. The van der Waals surface area contributed by atoms with Crippen LogP contribution in [0, 0.1) is 0 Å². The number of anilines is 2. The van der Waals surface area contributed by atoms with Crippen molar-refractivity contribution in [1.29, 1.82) is 0 Å². The highest BCUT2D eigenvalue weighted by Gasteiger charge is 2.30. The van der Waals surface area contributed by atoms with Gasteiger partial charge in [-0.05, 0) is 42.3 Å². The Morgan fingerprint density at radius 1 is 1.11 bits per heavy atom. The molecule has 5 nitrogen and oxygen atoms in total. The minimum atomic E-state index is -4.46. The zero-order chi connectivity index (χ0) is 19.7. The van der Waals surface area contributed by atoms with Gasteiger partial charge in [-0.3, -0.25) is 9.10 Å². The van der Waals surface area contributed by atoms with Gasteiger partial charge in [-0.15, -0.1) is 0 Å². The number of amides is 1. The average Bonchev–Trinajstić information content (AvgIpc) is 2.94. The molecule has 0 radical (unpaired) electrons. The molecule has 1 saturated heterocycles. The van der Waals surface area contributed by atoms with Gasteiger partial charge in [-0.25, -0.2) is 8.42 Å². The number of benzene rings is 2. The molecule has 1 amide bonds. The van der Waals surface area contributed by atoms with Crippen molar-refractivity contribution in [3.05, 3.63) is 59.7 Å². The van der Waals surface area contributed by atoms with Crippen LogP contribution in [-0.4, -0.2) is 26.6 Å². The van der Waals surface area contributed by atoms with Crippen LogP contribution in [0.2, 0.25) is 0 Å². The van der Waals surface area contributed by atoms with E-state index in [2.05, 4.69) is 5.32 Å². The molecule has 9 heteroatoms. The summed E-state index contributed by atoms with van der Waals surface area (Å²) in [6, 6.07) is 10.9. The van der Waals surface area contributed by atoms with Crippen LogP contribution >= 0.6 is 0 Å². The third-order valence-electron chi connectivity index (χ3n) is 4.16. The number of alkyl halides is 3. The molecule has 3 rings (SSSR count). The molecule has 27 heavy (non-hydrogen) atoms. The number of carbonyl (C=O) groups excluding carboxylic acids is 1. The number of hydrogen-bond donors (Lipinski definition) is 1. The second-order valence-corrected chi connectivity index (χ2v) is 8.22. The fourth-order valence-corrected chi connectivity index (χ4v) is 4.45. The van der Waals surface area contributed by atoms with Crippen LogP contribution in [-0.2, 0) is 27.4 Å². The van der Waals surface area contributed by atoms with Gasteiger partial charge in [0.05, 0.1) is 23.4 Å². The topological polar surface area (TPSA) is 66.5 Å². The molecule has 0 bridgehead atoms. The van der Waals surface area contributed by atoms with Crippen LogP contribution < -0.4 is 9.62 Å². The van der Waals surface area contributed by atoms with Gasteiger partial charge in [0.1, 0.15) is 0 Å². The Labute approximate surface area is 154 Å². The maximum atomic E-state index is 12.7. The first kappa shape index (κ1) is 19.2. The quantitative estimate of drug-likeness (QED) is 0.858. The number of carbonyl (C=O) groups is 1. The summed E-state index contributed by atoms with van der Waals surface area (Å²) in [5, 5.41) is 2.60. The third kappa shape index (κ3) is 4.60. The van der Waals surface area contributed by atoms with Crippen molar-refractivity contribution >= 4 is 27.3 Å². The number of nitrogens with one attached hydrogen (secondary N) is 1. The second-order valence-electron chi connectivity index (χ2n) is 6.21. The fourth-order valence-electron chi connectivity index (χ4n) is 2.89. The van der Waals surface area contributed by atoms with E-state index in [4.69, 9.17) is 0 Å². The minimum Gasteiger partial charge on any atom is -0.326 e. The summed E-state index contributed by atoms with van der Waals surface area (Å²) in [6.45, 7) is 0.420. The van der Waals surface area contributed by atoms with E-state index in [1.807, 2.05) is 0 Å². The molecule has 1 aliphatic rings. The van der Waals surface area contributed by atoms with Gasteiger partial charge < -0.3 is 5.32 Å². The smallest absolute Gasteiger partial charge is 0.326 e. The van der Waals surface area contributed by atoms with E-state index < -0.39 is 27.7 Å². The monoisotopic (exact) mass is 398 g/mol. The molecule has 2 aromatic carbocycles. The summed E-state index contributed by atoms with van der Waals surface area (Å²) >= 11 is 0. The summed E-state index contributed by atoms with van der Waals surface area (Å²) in [5.41, 5.74) is 0.404. The summed E-state index contributed by atoms with van der Waals surface area (Å²) in [4.78, 5) is 12.1. The van der Waals surface area contributed by atoms with E-state index in [1.54, 1.807) is 24.3 Å². The molecule has 2 aromatic rings. The van der Waals surface area contributed by atoms with E-state index in [9.17, 15) is 26.4 Å². The number of rotatable bonds is 4. The van der Waals surface area contributed by atoms with Crippen molar-refractivity contribution in [3.8, 4) is 0 Å². The van der Waals surface area contributed by atoms with E-state index in [-0.39, 0.29) is 17.7 Å². The maximum Gasteiger partial charge on any atom is 0.416 e. The summed E-state index contributed by atoms with van der Waals surface area (Å²) < 4.78 is 63.3. The molecule has 0 unspecified atom stereocenters. The standard InChI is InChI=1S/C18H17F3N2O3S/c19-18(20,21)14-4-1-3-13(11-14)12-17(24)22-15-5-7-16(8-6-15)23-9-2-10-27(23,25)26/h1,3-8,11H,2,9-10,12H2,(H,22,24). The Morgan fingerprint density at radius 2 is 1.81 bits per heavy atom. The summed E-state index contributed by atoms with van der Waals surface area (Å²) in [7, 11) is -3.28. The van der Waals surface area contributed by atoms with Gasteiger partial charge >= 0.3 is 6.18 Å². The van der Waals surface area contributed by atoms with E-state index in [0.717, 1.165) is 12.1 Å². The number of sulfonamides is 1. The molecule has 1 heterocycles. The lowest BCUT2D eigenvalue weighted by atomic mass is 10.1. The van der Waals surface area contributed by atoms with Crippen LogP contribution in [0.25, 0.3) is 0 Å². The molecule has 1 N–H and O–H groups in total. The van der Waals surface area contributed by atoms with Gasteiger partial charge in [0.15, 0.2) is 0 Å². The van der Waals surface area contributed by atoms with Crippen molar-refractivity contribution < 1.29 is 26.4 Å². The SMILES string of the molecule is O=C(Cc1cccc(C(F)(F)F)c1)Nc1ccc(N2CCCS2(=O)=O)cc1. The Kier molecular flexibility index (Phi) is 5.14. The number of hydrogen-bond acceptors (Lipinski definition) is 3. The van der Waals surface area contributed by atoms with Gasteiger partial charge in [0, 0.05) is 12.2 Å². The van der Waals surface area contributed by atoms with Gasteiger partial charge in [-0.2, -0.15) is 13.2 Å². The van der Waals surface area contributed by atoms with Crippen LogP contribution in [0.3, 0.4) is 0 Å². The van der Waals surface area contributed by atoms with Crippen molar-refractivity contribution in [2.45, 2.75) is 19.0 Å². The number of halogens is 3. The van der Waals surface area contributed by atoms with Crippen molar-refractivity contribution in [3.63, 3.8) is 0 Å². The Morgan fingerprint density at radius 3 is 2.41 bits per heavy atom. The van der Waals surface area contributed by atoms with Crippen LogP contribution in [0.1, 0.15) is 17.5 Å². The zero-order valence-electron chi connectivity index (χ0n) is 14.2. The molecule has 1 fully saturated rings. The minimum absolute atomic E-state index is 0.114. The lowest BCUT2D eigenvalue weighted by Gasteiger charge is -2.17. The molecule has 0 atom stereocenters. The molecule has 0 saturated carbocycles. The average molecular weight is 398 g/mol. The van der Waals surface area contributed by atoms with Gasteiger partial charge in [-0.1, -0.05) is 18.2 Å². The zero-order valence-corrected chi connectivity index (χ0v) is 15.0. The van der Waals surface area contributed by atoms with E-state index >= 15 is 0 Å².